The van der Waals surface area contributed by atoms with Crippen molar-refractivity contribution < 1.29 is 28.7 Å². The fraction of sp³-hybridized carbons (Fsp3) is 0. The molecule has 4 nitrogen and oxygen atoms in total. The molecule has 0 amide bonds. The topological polar surface area (TPSA) is 71.4 Å². The van der Waals surface area contributed by atoms with Gasteiger partial charge < -0.3 is 0 Å². The summed E-state index contributed by atoms with van der Waals surface area (Å²) in [7, 11) is 0. The van der Waals surface area contributed by atoms with Crippen molar-refractivity contribution in [3.8, 4) is 0 Å². The molecule has 0 rings (SSSR count). The van der Waals surface area contributed by atoms with E-state index in [1.807, 2.05) is 0 Å². The van der Waals surface area contributed by atoms with Crippen LogP contribution in [0.15, 0.2) is 0 Å². The summed E-state index contributed by atoms with van der Waals surface area (Å²) in [6.07, 6.45) is 0. The summed E-state index contributed by atoms with van der Waals surface area (Å²) < 4.78 is 33.1. The molecule has 0 bridgehead atoms. The molecular formula is H3K2MnO4. The Morgan fingerprint density at radius 1 is 1.00 bits per heavy atom. The fourth-order valence-corrected chi connectivity index (χ4v) is 0. The van der Waals surface area contributed by atoms with Gasteiger partial charge in [-0.3, -0.25) is 0 Å². The van der Waals surface area contributed by atoms with Gasteiger partial charge >= 0.3 is 131 Å². The molecule has 0 heterocycles. The van der Waals surface area contributed by atoms with Crippen LogP contribution < -0.4 is 0 Å². The van der Waals surface area contributed by atoms with Gasteiger partial charge in [-0.2, -0.15) is 0 Å². The minimum atomic E-state index is -5.38. The molecule has 1 N–H and O–H groups in total. The standard InChI is InChI=1S/2K.Mn.H2O.3O.2H/h;;;1H2;;;;;/q;;+1;;;;;;/p-1. The second kappa shape index (κ2) is 7.26. The summed E-state index contributed by atoms with van der Waals surface area (Å²) >= 11 is -5.38. The van der Waals surface area contributed by atoms with E-state index < -0.39 is 13.0 Å². The van der Waals surface area contributed by atoms with Crippen molar-refractivity contribution in [2.24, 2.45) is 0 Å². The first-order valence-corrected chi connectivity index (χ1v) is 2.61. The molecular weight excluding hydrogens is 197 g/mol. The van der Waals surface area contributed by atoms with E-state index in [4.69, 9.17) is 15.7 Å². The Morgan fingerprint density at radius 3 is 1.00 bits per heavy atom. The molecule has 7 heteroatoms. The van der Waals surface area contributed by atoms with E-state index in [0.29, 0.717) is 0 Å². The average Bonchev–Trinajstić information content (AvgIpc) is 0.722. The second-order valence-electron chi connectivity index (χ2n) is 0.396. The third-order valence-corrected chi connectivity index (χ3v) is 0. The van der Waals surface area contributed by atoms with Gasteiger partial charge in [0.2, 0.25) is 0 Å². The molecule has 0 saturated heterocycles. The first-order valence-electron chi connectivity index (χ1n) is 0.632. The number of rotatable bonds is 0. The van der Waals surface area contributed by atoms with Crippen molar-refractivity contribution in [3.05, 3.63) is 0 Å². The van der Waals surface area contributed by atoms with Crippen LogP contribution >= 0.6 is 0 Å². The zero-order valence-electron chi connectivity index (χ0n) is 2.05. The van der Waals surface area contributed by atoms with Crippen LogP contribution in [-0.4, -0.2) is 107 Å². The van der Waals surface area contributed by atoms with Crippen LogP contribution in [0.2, 0.25) is 0 Å². The Morgan fingerprint density at radius 2 is 1.00 bits per heavy atom. The molecule has 0 aromatic carbocycles. The van der Waals surface area contributed by atoms with Crippen molar-refractivity contribution in [2.45, 2.75) is 0 Å². The van der Waals surface area contributed by atoms with Crippen molar-refractivity contribution in [3.63, 3.8) is 0 Å². The Kier molecular flexibility index (Phi) is 17.2. The van der Waals surface area contributed by atoms with Crippen LogP contribution in [0.25, 0.3) is 0 Å². The monoisotopic (exact) mass is 200 g/mol. The maximum absolute atomic E-state index is 8.69. The molecule has 0 aromatic rings. The van der Waals surface area contributed by atoms with Gasteiger partial charge in [-0.25, -0.2) is 0 Å². The average molecular weight is 200 g/mol. The third kappa shape index (κ3) is 47.1. The molecule has 0 saturated carbocycles. The van der Waals surface area contributed by atoms with Crippen LogP contribution in [0.1, 0.15) is 0 Å². The molecule has 0 fully saturated rings. The predicted molar refractivity (Wildman–Crippen MR) is 18.6 cm³/mol. The van der Waals surface area contributed by atoms with Gasteiger partial charge in [-0.05, 0) is 0 Å². The van der Waals surface area contributed by atoms with Crippen molar-refractivity contribution in [1.82, 2.24) is 0 Å². The van der Waals surface area contributed by atoms with Gasteiger partial charge in [-0.1, -0.05) is 0 Å². The summed E-state index contributed by atoms with van der Waals surface area (Å²) in [5.41, 5.74) is 0. The molecule has 7 heavy (non-hydrogen) atoms. The SMILES string of the molecule is [KH].[KH].[O]=[Mn](=[O])(=[O])[OH]. The van der Waals surface area contributed by atoms with E-state index in [2.05, 4.69) is 0 Å². The van der Waals surface area contributed by atoms with E-state index in [9.17, 15) is 0 Å². The zero-order valence-corrected chi connectivity index (χ0v) is 3.23. The van der Waals surface area contributed by atoms with E-state index >= 15 is 0 Å². The normalized spacial score (nSPS) is 8.14. The Bertz CT molecular complexity index is 131. The zero-order chi connectivity index (χ0) is 4.50. The van der Waals surface area contributed by atoms with Gasteiger partial charge in [0.15, 0.2) is 0 Å². The molecule has 0 radical (unpaired) electrons. The molecule has 0 aliphatic heterocycles. The molecule has 0 aliphatic carbocycles. The maximum atomic E-state index is 8.69. The molecule has 0 aliphatic rings. The van der Waals surface area contributed by atoms with Crippen LogP contribution in [0.3, 0.4) is 0 Å². The summed E-state index contributed by atoms with van der Waals surface area (Å²) in [5, 5.41) is 0. The van der Waals surface area contributed by atoms with Gasteiger partial charge in [0.25, 0.3) is 0 Å². The molecule has 36 valence electrons. The Balaban J connectivity index is -0.0000000800. The third-order valence-electron chi connectivity index (χ3n) is 0. The molecule has 0 spiro atoms. The molecule has 0 atom stereocenters. The van der Waals surface area contributed by atoms with Crippen LogP contribution in [0, 0.1) is 0 Å². The van der Waals surface area contributed by atoms with E-state index in [1.165, 1.54) is 0 Å². The van der Waals surface area contributed by atoms with Gasteiger partial charge in [0, 0.05) is 0 Å². The van der Waals surface area contributed by atoms with Crippen molar-refractivity contribution in [2.75, 3.05) is 0 Å². The quantitative estimate of drug-likeness (QED) is 0.450. The molecule has 0 unspecified atom stereocenters. The van der Waals surface area contributed by atoms with Gasteiger partial charge in [-0.15, -0.1) is 0 Å². The predicted octanol–water partition coefficient (Wildman–Crippen LogP) is -2.21. The summed E-state index contributed by atoms with van der Waals surface area (Å²) in [6.45, 7) is 0. The Hall–Kier alpha value is 3.15. The summed E-state index contributed by atoms with van der Waals surface area (Å²) in [6, 6.07) is 0. The van der Waals surface area contributed by atoms with Crippen LogP contribution in [0.4, 0.5) is 0 Å². The van der Waals surface area contributed by atoms with Crippen LogP contribution in [0.5, 0.6) is 0 Å². The van der Waals surface area contributed by atoms with E-state index in [0.717, 1.165) is 0 Å². The van der Waals surface area contributed by atoms with Gasteiger partial charge in [0.1, 0.15) is 0 Å². The first kappa shape index (κ1) is 16.6. The first-order chi connectivity index (χ1) is 2.00. The fourth-order valence-electron chi connectivity index (χ4n) is 0. The summed E-state index contributed by atoms with van der Waals surface area (Å²) in [5.74, 6) is 0. The minimum absolute atomic E-state index is 0. The van der Waals surface area contributed by atoms with Gasteiger partial charge in [0.05, 0.1) is 0 Å². The Labute approximate surface area is 127 Å². The van der Waals surface area contributed by atoms with Crippen LogP contribution in [-0.2, 0) is 24.5 Å². The number of hydrogen-bond acceptors (Lipinski definition) is 3. The molecule has 0 aromatic heterocycles. The second-order valence-corrected chi connectivity index (χ2v) is 1.63. The summed E-state index contributed by atoms with van der Waals surface area (Å²) in [4.78, 5) is 0. The van der Waals surface area contributed by atoms with Crippen molar-refractivity contribution >= 4 is 103 Å². The van der Waals surface area contributed by atoms with Crippen molar-refractivity contribution in [1.29, 1.82) is 0 Å². The van der Waals surface area contributed by atoms with E-state index in [1.54, 1.807) is 0 Å². The number of hydrogen-bond donors (Lipinski definition) is 1. The van der Waals surface area contributed by atoms with E-state index in [-0.39, 0.29) is 103 Å².